The topological polar surface area (TPSA) is 391 Å². The highest BCUT2D eigenvalue weighted by molar-refractivity contribution is 5.99. The molecule has 0 radical (unpaired) electrons. The van der Waals surface area contributed by atoms with Gasteiger partial charge >= 0.3 is 11.9 Å². The minimum absolute atomic E-state index is 0.00501. The predicted molar refractivity (Wildman–Crippen MR) is 209 cm³/mol. The van der Waals surface area contributed by atoms with Crippen molar-refractivity contribution in [2.45, 2.75) is 158 Å². The van der Waals surface area contributed by atoms with E-state index in [2.05, 4.69) is 17.6 Å². The van der Waals surface area contributed by atoms with Crippen LogP contribution in [0.4, 0.5) is 0 Å². The van der Waals surface area contributed by atoms with Gasteiger partial charge < -0.3 is 67.6 Å². The van der Waals surface area contributed by atoms with Crippen molar-refractivity contribution in [1.82, 2.24) is 37.0 Å². The van der Waals surface area contributed by atoms with Crippen LogP contribution in [0.15, 0.2) is 0 Å². The van der Waals surface area contributed by atoms with Crippen LogP contribution in [0.1, 0.15) is 104 Å². The molecule has 24 nitrogen and oxygen atoms in total. The highest BCUT2D eigenvalue weighted by atomic mass is 16.5. The molecule has 0 saturated carbocycles. The third kappa shape index (κ3) is 19.1. The molecular weight excluding hydrogens is 814 g/mol. The molecule has 7 amide bonds. The van der Waals surface area contributed by atoms with Crippen molar-refractivity contribution in [1.29, 1.82) is 0 Å². The first-order chi connectivity index (χ1) is 28.8. The Balaban J connectivity index is 2.98. The van der Waals surface area contributed by atoms with Crippen LogP contribution >= 0.6 is 0 Å². The van der Waals surface area contributed by atoms with Gasteiger partial charge in [0.2, 0.25) is 35.4 Å². The normalized spacial score (nSPS) is 17.9. The van der Waals surface area contributed by atoms with Gasteiger partial charge in [-0.3, -0.25) is 38.8 Å². The molecule has 24 heteroatoms. The fourth-order valence-corrected chi connectivity index (χ4v) is 6.13. The van der Waals surface area contributed by atoms with Crippen molar-refractivity contribution >= 4 is 53.3 Å². The number of aliphatic carboxylic acids is 2. The number of carbonyl (C=O) groups excluding carboxylic acids is 7. The molecule has 0 bridgehead atoms. The first-order valence-electron chi connectivity index (χ1n) is 20.3. The van der Waals surface area contributed by atoms with Gasteiger partial charge in [-0.15, -0.1) is 0 Å². The number of aliphatic hydroxyl groups is 5. The van der Waals surface area contributed by atoms with E-state index in [0.29, 0.717) is 24.3 Å². The van der Waals surface area contributed by atoms with Crippen LogP contribution in [0, 0.1) is 0 Å². The monoisotopic (exact) mass is 877 g/mol. The molecule has 1 aliphatic rings. The van der Waals surface area contributed by atoms with Crippen molar-refractivity contribution in [2.75, 3.05) is 19.8 Å². The van der Waals surface area contributed by atoms with E-state index in [1.54, 1.807) is 5.32 Å². The number of nitrogens with zero attached hydrogens (tertiary/aromatic N) is 1. The minimum Gasteiger partial charge on any atom is -0.479 e. The summed E-state index contributed by atoms with van der Waals surface area (Å²) in [6, 6.07) is -11.9. The number of carboxylic acids is 2. The summed E-state index contributed by atoms with van der Waals surface area (Å²) in [4.78, 5) is 113. The van der Waals surface area contributed by atoms with Gasteiger partial charge in [0.15, 0.2) is 12.2 Å². The summed E-state index contributed by atoms with van der Waals surface area (Å²) in [5.41, 5.74) is 0. The van der Waals surface area contributed by atoms with E-state index in [9.17, 15) is 84.1 Å². The van der Waals surface area contributed by atoms with Gasteiger partial charge in [-0.05, 0) is 26.2 Å². The van der Waals surface area contributed by atoms with E-state index in [1.807, 2.05) is 16.0 Å². The second kappa shape index (κ2) is 28.5. The number of hydroxylamine groups is 2. The predicted octanol–water partition coefficient (Wildman–Crippen LogP) is -4.14. The lowest BCUT2D eigenvalue weighted by Gasteiger charge is -2.30. The van der Waals surface area contributed by atoms with Crippen LogP contribution in [0.25, 0.3) is 0 Å². The Morgan fingerprint density at radius 1 is 0.623 bits per heavy atom. The average molecular weight is 878 g/mol. The number of hydrogen-bond acceptors (Lipinski definition) is 15. The number of carbonyl (C=O) groups is 9. The Morgan fingerprint density at radius 3 is 1.52 bits per heavy atom. The van der Waals surface area contributed by atoms with E-state index in [4.69, 9.17) is 0 Å². The standard InChI is InChI=1S/C37H63N7O17/c1-3-4-5-6-7-8-9-10-11-12-13-16-24(48)41-26(28(49)36(57)58)33(54)40-23(19-46)31(52)43-27(29(50)37(59)60)34(55)42-25(20(2)47)32(53)39-22(18-45)30(51)38-21-15-14-17-44(61)35(21)56/h20-23,25-29,45-47,49-50,61H,3-19H2,1-2H3,(H,38,51)(H,39,53)(H,40,54)(H,41,48)(H,42,55)(H,43,52)(H,57,58)(H,59,60). The molecule has 1 heterocycles. The summed E-state index contributed by atoms with van der Waals surface area (Å²) in [6.07, 6.45) is 3.98. The van der Waals surface area contributed by atoms with Crippen molar-refractivity contribution in [3.05, 3.63) is 0 Å². The molecule has 9 atom stereocenters. The zero-order valence-corrected chi connectivity index (χ0v) is 34.4. The molecular formula is C37H63N7O17. The van der Waals surface area contributed by atoms with Crippen LogP contribution in [0.5, 0.6) is 0 Å². The summed E-state index contributed by atoms with van der Waals surface area (Å²) < 4.78 is 0. The summed E-state index contributed by atoms with van der Waals surface area (Å²) in [5, 5.41) is 91.2. The summed E-state index contributed by atoms with van der Waals surface area (Å²) in [6.45, 7) is 0.744. The van der Waals surface area contributed by atoms with Gasteiger partial charge in [-0.1, -0.05) is 71.1 Å². The fourth-order valence-electron chi connectivity index (χ4n) is 6.13. The van der Waals surface area contributed by atoms with Crippen LogP contribution in [-0.2, 0) is 43.2 Å². The number of amides is 7. The smallest absolute Gasteiger partial charge is 0.335 e. The van der Waals surface area contributed by atoms with Crippen molar-refractivity contribution in [3.8, 4) is 0 Å². The molecule has 9 unspecified atom stereocenters. The van der Waals surface area contributed by atoms with E-state index < -0.39 is 121 Å². The molecule has 0 aromatic heterocycles. The van der Waals surface area contributed by atoms with E-state index in [0.717, 1.165) is 39.0 Å². The van der Waals surface area contributed by atoms with Crippen molar-refractivity contribution < 1.29 is 84.1 Å². The zero-order valence-electron chi connectivity index (χ0n) is 34.4. The quantitative estimate of drug-likeness (QED) is 0.0241. The van der Waals surface area contributed by atoms with Gasteiger partial charge in [0, 0.05) is 13.0 Å². The molecule has 348 valence electrons. The number of piperidine rings is 1. The molecule has 0 spiro atoms. The number of unbranched alkanes of at least 4 members (excludes halogenated alkanes) is 10. The van der Waals surface area contributed by atoms with Crippen LogP contribution in [0.3, 0.4) is 0 Å². The second-order valence-corrected chi connectivity index (χ2v) is 14.8. The van der Waals surface area contributed by atoms with Crippen LogP contribution in [0.2, 0.25) is 0 Å². The summed E-state index contributed by atoms with van der Waals surface area (Å²) in [5.74, 6) is -12.9. The first kappa shape index (κ1) is 54.0. The maximum absolute atomic E-state index is 13.3. The Kier molecular flexibility index (Phi) is 25.2. The summed E-state index contributed by atoms with van der Waals surface area (Å²) >= 11 is 0. The zero-order chi connectivity index (χ0) is 46.2. The van der Waals surface area contributed by atoms with Crippen LogP contribution in [-0.4, -0.2) is 174 Å². The first-order valence-corrected chi connectivity index (χ1v) is 20.3. The number of aliphatic hydroxyl groups excluding tert-OH is 5. The van der Waals surface area contributed by atoms with E-state index in [1.165, 1.54) is 25.7 Å². The Bertz CT molecular complexity index is 1480. The van der Waals surface area contributed by atoms with Gasteiger partial charge in [-0.2, -0.15) is 0 Å². The lowest BCUT2D eigenvalue weighted by Crippen LogP contribution is -2.65. The number of rotatable bonds is 30. The van der Waals surface area contributed by atoms with E-state index >= 15 is 0 Å². The SMILES string of the molecule is CCCCCCCCCCCCCC(=O)NC(C(=O)NC(CO)C(=O)NC(C(=O)NC(C(=O)NC(CO)C(=O)NC1CCCN(O)C1=O)C(C)O)C(O)C(=O)O)C(O)C(=O)O. The Labute approximate surface area is 352 Å². The average Bonchev–Trinajstić information content (AvgIpc) is 3.21. The molecule has 0 aromatic carbocycles. The molecule has 1 fully saturated rings. The highest BCUT2D eigenvalue weighted by Gasteiger charge is 2.40. The van der Waals surface area contributed by atoms with Gasteiger partial charge in [-0.25, -0.2) is 14.7 Å². The molecule has 0 aromatic rings. The number of hydrogen-bond donors (Lipinski definition) is 14. The molecule has 14 N–H and O–H groups in total. The maximum atomic E-state index is 13.3. The molecule has 1 saturated heterocycles. The summed E-state index contributed by atoms with van der Waals surface area (Å²) in [7, 11) is 0. The molecule has 1 aliphatic heterocycles. The van der Waals surface area contributed by atoms with Gasteiger partial charge in [0.1, 0.15) is 36.3 Å². The maximum Gasteiger partial charge on any atom is 0.335 e. The van der Waals surface area contributed by atoms with Crippen molar-refractivity contribution in [2.24, 2.45) is 0 Å². The highest BCUT2D eigenvalue weighted by Crippen LogP contribution is 2.13. The van der Waals surface area contributed by atoms with Gasteiger partial charge in [0.05, 0.1) is 19.3 Å². The van der Waals surface area contributed by atoms with Crippen molar-refractivity contribution in [3.63, 3.8) is 0 Å². The third-order valence-corrected chi connectivity index (χ3v) is 9.75. The molecule has 1 rings (SSSR count). The number of carboxylic acid groups (broad SMARTS) is 2. The third-order valence-electron chi connectivity index (χ3n) is 9.75. The number of nitrogens with one attached hydrogen (secondary N) is 6. The Hall–Kier alpha value is -5.01. The van der Waals surface area contributed by atoms with Gasteiger partial charge in [0.25, 0.3) is 5.91 Å². The van der Waals surface area contributed by atoms with Crippen LogP contribution < -0.4 is 31.9 Å². The molecule has 61 heavy (non-hydrogen) atoms. The second-order valence-electron chi connectivity index (χ2n) is 14.8. The fraction of sp³-hybridized carbons (Fsp3) is 0.757. The largest absolute Gasteiger partial charge is 0.479 e. The van der Waals surface area contributed by atoms with E-state index in [-0.39, 0.29) is 19.4 Å². The Morgan fingerprint density at radius 2 is 1.05 bits per heavy atom. The lowest BCUT2D eigenvalue weighted by molar-refractivity contribution is -0.173. The minimum atomic E-state index is -2.79. The molecule has 0 aliphatic carbocycles. The lowest BCUT2D eigenvalue weighted by atomic mass is 10.0.